The van der Waals surface area contributed by atoms with Gasteiger partial charge in [0.05, 0.1) is 4.90 Å². The summed E-state index contributed by atoms with van der Waals surface area (Å²) >= 11 is 0. The quantitative estimate of drug-likeness (QED) is 0.737. The van der Waals surface area contributed by atoms with Crippen LogP contribution in [0.2, 0.25) is 0 Å². The molecular weight excluding hydrogens is 292 g/mol. The van der Waals surface area contributed by atoms with Crippen LogP contribution in [0, 0.1) is 11.8 Å². The fourth-order valence-corrected chi connectivity index (χ4v) is 2.73. The van der Waals surface area contributed by atoms with Crippen molar-refractivity contribution >= 4 is 15.9 Å². The SMILES string of the molecule is CN(C)C(=O)CCNS(=O)(=O)c1ccccc1C#CCO. The molecule has 0 aliphatic heterocycles. The zero-order valence-corrected chi connectivity index (χ0v) is 12.8. The third-order valence-corrected chi connectivity index (χ3v) is 4.13. The van der Waals surface area contributed by atoms with Crippen LogP contribution in [0.4, 0.5) is 0 Å². The largest absolute Gasteiger partial charge is 0.384 e. The van der Waals surface area contributed by atoms with Gasteiger partial charge in [0, 0.05) is 32.6 Å². The van der Waals surface area contributed by atoms with Crippen molar-refractivity contribution in [2.24, 2.45) is 0 Å². The Morgan fingerprint density at radius 3 is 2.62 bits per heavy atom. The van der Waals surface area contributed by atoms with Crippen LogP contribution in [0.5, 0.6) is 0 Å². The second-order valence-electron chi connectivity index (χ2n) is 4.39. The van der Waals surface area contributed by atoms with Crippen LogP contribution >= 0.6 is 0 Å². The van der Waals surface area contributed by atoms with Gasteiger partial charge in [-0.25, -0.2) is 13.1 Å². The number of rotatable bonds is 5. The van der Waals surface area contributed by atoms with E-state index >= 15 is 0 Å². The number of hydrogen-bond donors (Lipinski definition) is 2. The van der Waals surface area contributed by atoms with E-state index in [0.717, 1.165) is 0 Å². The van der Waals surface area contributed by atoms with E-state index in [9.17, 15) is 13.2 Å². The topological polar surface area (TPSA) is 86.7 Å². The Morgan fingerprint density at radius 1 is 1.33 bits per heavy atom. The molecule has 0 aromatic heterocycles. The molecule has 0 unspecified atom stereocenters. The second kappa shape index (κ2) is 7.78. The van der Waals surface area contributed by atoms with Crippen LogP contribution in [0.1, 0.15) is 12.0 Å². The maximum absolute atomic E-state index is 12.2. The lowest BCUT2D eigenvalue weighted by molar-refractivity contribution is -0.128. The van der Waals surface area contributed by atoms with Gasteiger partial charge in [-0.05, 0) is 12.1 Å². The van der Waals surface area contributed by atoms with Gasteiger partial charge in [0.1, 0.15) is 6.61 Å². The Bertz CT molecular complexity index is 657. The van der Waals surface area contributed by atoms with Crippen molar-refractivity contribution in [2.45, 2.75) is 11.3 Å². The number of sulfonamides is 1. The summed E-state index contributed by atoms with van der Waals surface area (Å²) < 4.78 is 26.8. The van der Waals surface area contributed by atoms with Gasteiger partial charge in [0.25, 0.3) is 0 Å². The number of carbonyl (C=O) groups is 1. The predicted octanol–water partition coefficient (Wildman–Crippen LogP) is -0.213. The van der Waals surface area contributed by atoms with Crippen LogP contribution in [-0.2, 0) is 14.8 Å². The summed E-state index contributed by atoms with van der Waals surface area (Å²) in [5.74, 6) is 4.85. The summed E-state index contributed by atoms with van der Waals surface area (Å²) in [5.41, 5.74) is 0.304. The zero-order chi connectivity index (χ0) is 15.9. The lowest BCUT2D eigenvalue weighted by atomic mass is 10.2. The van der Waals surface area contributed by atoms with Crippen LogP contribution in [0.25, 0.3) is 0 Å². The molecule has 0 atom stereocenters. The summed E-state index contributed by atoms with van der Waals surface area (Å²) in [6.07, 6.45) is 0.0801. The highest BCUT2D eigenvalue weighted by Gasteiger charge is 2.17. The molecule has 1 rings (SSSR count). The lowest BCUT2D eigenvalue weighted by Gasteiger charge is -2.11. The van der Waals surface area contributed by atoms with Gasteiger partial charge in [0.2, 0.25) is 15.9 Å². The molecule has 6 nitrogen and oxygen atoms in total. The normalized spacial score (nSPS) is 10.6. The van der Waals surface area contributed by atoms with E-state index in [1.807, 2.05) is 0 Å². The van der Waals surface area contributed by atoms with Crippen molar-refractivity contribution in [1.82, 2.24) is 9.62 Å². The second-order valence-corrected chi connectivity index (χ2v) is 6.13. The van der Waals surface area contributed by atoms with Crippen LogP contribution in [0.15, 0.2) is 29.2 Å². The molecule has 114 valence electrons. The first-order chi connectivity index (χ1) is 9.88. The van der Waals surface area contributed by atoms with E-state index in [2.05, 4.69) is 16.6 Å². The molecule has 0 aliphatic rings. The van der Waals surface area contributed by atoms with E-state index < -0.39 is 10.0 Å². The summed E-state index contributed by atoms with van der Waals surface area (Å²) in [4.78, 5) is 12.8. The monoisotopic (exact) mass is 310 g/mol. The molecule has 2 N–H and O–H groups in total. The van der Waals surface area contributed by atoms with Gasteiger partial charge < -0.3 is 10.0 Å². The van der Waals surface area contributed by atoms with Crippen LogP contribution < -0.4 is 4.72 Å². The fraction of sp³-hybridized carbons (Fsp3) is 0.357. The van der Waals surface area contributed by atoms with E-state index in [4.69, 9.17) is 5.11 Å². The molecule has 0 aliphatic carbocycles. The highest BCUT2D eigenvalue weighted by molar-refractivity contribution is 7.89. The van der Waals surface area contributed by atoms with E-state index in [-0.39, 0.29) is 30.4 Å². The van der Waals surface area contributed by atoms with Gasteiger partial charge >= 0.3 is 0 Å². The molecule has 1 aromatic carbocycles. The number of nitrogens with zero attached hydrogens (tertiary/aromatic N) is 1. The van der Waals surface area contributed by atoms with Gasteiger partial charge in [-0.2, -0.15) is 0 Å². The van der Waals surface area contributed by atoms with Crippen molar-refractivity contribution in [2.75, 3.05) is 27.2 Å². The number of hydrogen-bond acceptors (Lipinski definition) is 4. The van der Waals surface area contributed by atoms with Crippen molar-refractivity contribution in [3.8, 4) is 11.8 Å². The van der Waals surface area contributed by atoms with Gasteiger partial charge in [-0.15, -0.1) is 0 Å². The minimum Gasteiger partial charge on any atom is -0.384 e. The molecule has 0 radical (unpaired) electrons. The summed E-state index contributed by atoms with van der Waals surface area (Å²) in [6.45, 7) is -0.333. The predicted molar refractivity (Wildman–Crippen MR) is 78.9 cm³/mol. The molecule has 1 aromatic rings. The number of amides is 1. The highest BCUT2D eigenvalue weighted by Crippen LogP contribution is 2.14. The molecule has 7 heteroatoms. The Hall–Kier alpha value is -1.88. The molecule has 0 saturated heterocycles. The van der Waals surface area contributed by atoms with Crippen LogP contribution in [0.3, 0.4) is 0 Å². The lowest BCUT2D eigenvalue weighted by Crippen LogP contribution is -2.30. The Labute approximate surface area is 124 Å². The van der Waals surface area contributed by atoms with Gasteiger partial charge in [0.15, 0.2) is 0 Å². The maximum Gasteiger partial charge on any atom is 0.241 e. The third-order valence-electron chi connectivity index (χ3n) is 2.61. The van der Waals surface area contributed by atoms with Gasteiger partial charge in [-0.3, -0.25) is 4.79 Å². The van der Waals surface area contributed by atoms with Crippen LogP contribution in [-0.4, -0.2) is 51.6 Å². The minimum absolute atomic E-state index is 0.0150. The number of nitrogens with one attached hydrogen (secondary N) is 1. The minimum atomic E-state index is -3.75. The molecule has 21 heavy (non-hydrogen) atoms. The molecule has 0 heterocycles. The Morgan fingerprint density at radius 2 is 2.00 bits per heavy atom. The number of carbonyl (C=O) groups excluding carboxylic acids is 1. The Kier molecular flexibility index (Phi) is 6.37. The van der Waals surface area contributed by atoms with Crippen molar-refractivity contribution in [3.05, 3.63) is 29.8 Å². The van der Waals surface area contributed by atoms with Crippen molar-refractivity contribution in [3.63, 3.8) is 0 Å². The molecule has 0 saturated carbocycles. The Balaban J connectivity index is 2.86. The smallest absolute Gasteiger partial charge is 0.241 e. The van der Waals surface area contributed by atoms with E-state index in [1.54, 1.807) is 32.3 Å². The first-order valence-corrected chi connectivity index (χ1v) is 7.75. The van der Waals surface area contributed by atoms with E-state index in [1.165, 1.54) is 11.0 Å². The highest BCUT2D eigenvalue weighted by atomic mass is 32.2. The zero-order valence-electron chi connectivity index (χ0n) is 12.0. The molecular formula is C14H18N2O4S. The molecule has 0 bridgehead atoms. The summed E-state index contributed by atoms with van der Waals surface area (Å²) in [6, 6.07) is 6.24. The summed E-state index contributed by atoms with van der Waals surface area (Å²) in [7, 11) is -0.532. The fourth-order valence-electron chi connectivity index (χ4n) is 1.53. The average Bonchev–Trinajstić information content (AvgIpc) is 2.45. The van der Waals surface area contributed by atoms with Gasteiger partial charge in [-0.1, -0.05) is 24.0 Å². The molecule has 0 fully saturated rings. The first-order valence-electron chi connectivity index (χ1n) is 6.27. The standard InChI is InChI=1S/C14H18N2O4S/c1-16(2)14(18)9-10-15-21(19,20)13-8-4-3-6-12(13)7-5-11-17/h3-4,6,8,15,17H,9-11H2,1-2H3. The number of aliphatic hydroxyl groups is 1. The van der Waals surface area contributed by atoms with Crippen molar-refractivity contribution < 1.29 is 18.3 Å². The van der Waals surface area contributed by atoms with E-state index in [0.29, 0.717) is 5.56 Å². The number of aliphatic hydroxyl groups excluding tert-OH is 1. The average molecular weight is 310 g/mol. The third kappa shape index (κ3) is 5.19. The molecule has 0 spiro atoms. The summed E-state index contributed by atoms with van der Waals surface area (Å²) in [5, 5.41) is 8.69. The van der Waals surface area contributed by atoms with Crippen molar-refractivity contribution in [1.29, 1.82) is 0 Å². The first kappa shape index (κ1) is 17.2. The number of benzene rings is 1. The maximum atomic E-state index is 12.2. The molecule has 1 amide bonds.